The van der Waals surface area contributed by atoms with E-state index in [1.807, 2.05) is 24.3 Å². The molecule has 0 amide bonds. The van der Waals surface area contributed by atoms with Crippen molar-refractivity contribution in [3.8, 4) is 0 Å². The molecule has 5 aromatic rings. The van der Waals surface area contributed by atoms with Crippen LogP contribution in [0.15, 0.2) is 78.9 Å². The van der Waals surface area contributed by atoms with E-state index in [9.17, 15) is 0 Å². The zero-order chi connectivity index (χ0) is 16.8. The number of nitrogen functional groups attached to an aromatic ring is 1. The molecule has 0 saturated carbocycles. The first-order valence-electron chi connectivity index (χ1n) is 8.50. The summed E-state index contributed by atoms with van der Waals surface area (Å²) in [5, 5.41) is 7.92. The third-order valence-corrected chi connectivity index (χ3v) is 4.95. The average Bonchev–Trinajstić information content (AvgIpc) is 2.66. The first-order valence-corrected chi connectivity index (χ1v) is 8.50. The molecule has 0 aliphatic rings. The first-order chi connectivity index (χ1) is 12.3. The van der Waals surface area contributed by atoms with E-state index in [1.165, 1.54) is 37.9 Å². The second kappa shape index (κ2) is 5.35. The van der Waals surface area contributed by atoms with Gasteiger partial charge in [-0.1, -0.05) is 78.9 Å². The van der Waals surface area contributed by atoms with Crippen LogP contribution in [0.1, 0.15) is 11.1 Å². The summed E-state index contributed by atoms with van der Waals surface area (Å²) in [6.45, 7) is 0. The molecule has 0 aliphatic carbocycles. The van der Waals surface area contributed by atoms with Crippen LogP contribution in [-0.4, -0.2) is 0 Å². The molecule has 0 fully saturated rings. The summed E-state index contributed by atoms with van der Waals surface area (Å²) in [5.74, 6) is 0. The molecular weight excluding hydrogens is 302 g/mol. The molecule has 5 aromatic carbocycles. The predicted octanol–water partition coefficient (Wildman–Crippen LogP) is 6.34. The quantitative estimate of drug-likeness (QED) is 0.229. The van der Waals surface area contributed by atoms with E-state index in [1.54, 1.807) is 0 Å². The number of anilines is 1. The molecule has 0 aromatic heterocycles. The zero-order valence-electron chi connectivity index (χ0n) is 13.7. The van der Waals surface area contributed by atoms with Crippen LogP contribution in [0.3, 0.4) is 0 Å². The fourth-order valence-electron chi connectivity index (χ4n) is 3.70. The molecule has 1 nitrogen and oxygen atoms in total. The Labute approximate surface area is 146 Å². The van der Waals surface area contributed by atoms with Gasteiger partial charge in [0.05, 0.1) is 0 Å². The van der Waals surface area contributed by atoms with Crippen molar-refractivity contribution in [3.63, 3.8) is 0 Å². The van der Waals surface area contributed by atoms with Gasteiger partial charge in [0.2, 0.25) is 0 Å². The third-order valence-electron chi connectivity index (χ3n) is 4.95. The second-order valence-electron chi connectivity index (χ2n) is 6.51. The molecule has 118 valence electrons. The molecule has 0 radical (unpaired) electrons. The van der Waals surface area contributed by atoms with Crippen molar-refractivity contribution in [2.24, 2.45) is 0 Å². The van der Waals surface area contributed by atoms with Gasteiger partial charge in [-0.25, -0.2) is 0 Å². The number of hydrogen-bond acceptors (Lipinski definition) is 1. The SMILES string of the molecule is Nc1ccc(/C=C/c2ccc3ccc4cccc5ccc2c3c45)cc1. The van der Waals surface area contributed by atoms with Crippen LogP contribution in [0.25, 0.3) is 44.5 Å². The molecule has 5 rings (SSSR count). The van der Waals surface area contributed by atoms with E-state index in [2.05, 4.69) is 66.7 Å². The number of benzene rings is 5. The molecule has 0 spiro atoms. The van der Waals surface area contributed by atoms with Crippen molar-refractivity contribution in [1.82, 2.24) is 0 Å². The molecule has 1 heteroatoms. The highest BCUT2D eigenvalue weighted by Crippen LogP contribution is 2.36. The highest BCUT2D eigenvalue weighted by Gasteiger charge is 2.09. The van der Waals surface area contributed by atoms with E-state index in [-0.39, 0.29) is 0 Å². The fourth-order valence-corrected chi connectivity index (χ4v) is 3.70. The van der Waals surface area contributed by atoms with E-state index in [0.29, 0.717) is 0 Å². The van der Waals surface area contributed by atoms with Gasteiger partial charge >= 0.3 is 0 Å². The van der Waals surface area contributed by atoms with E-state index in [4.69, 9.17) is 5.73 Å². The Bertz CT molecular complexity index is 1210. The lowest BCUT2D eigenvalue weighted by molar-refractivity contribution is 1.65. The Morgan fingerprint density at radius 2 is 1.20 bits per heavy atom. The summed E-state index contributed by atoms with van der Waals surface area (Å²) in [5.41, 5.74) is 8.95. The van der Waals surface area contributed by atoms with Gasteiger partial charge in [-0.15, -0.1) is 0 Å². The van der Waals surface area contributed by atoms with Gasteiger partial charge in [0.1, 0.15) is 0 Å². The lowest BCUT2D eigenvalue weighted by Crippen LogP contribution is -1.86. The highest BCUT2D eigenvalue weighted by molar-refractivity contribution is 6.24. The summed E-state index contributed by atoms with van der Waals surface area (Å²) in [4.78, 5) is 0. The molecule has 2 N–H and O–H groups in total. The molecular formula is C24H17N. The number of rotatable bonds is 2. The molecule has 0 saturated heterocycles. The van der Waals surface area contributed by atoms with Crippen LogP contribution < -0.4 is 5.73 Å². The lowest BCUT2D eigenvalue weighted by atomic mass is 9.92. The third kappa shape index (κ3) is 2.25. The first kappa shape index (κ1) is 14.1. The maximum absolute atomic E-state index is 5.77. The van der Waals surface area contributed by atoms with Crippen molar-refractivity contribution < 1.29 is 0 Å². The zero-order valence-corrected chi connectivity index (χ0v) is 13.7. The second-order valence-corrected chi connectivity index (χ2v) is 6.51. The summed E-state index contributed by atoms with van der Waals surface area (Å²) < 4.78 is 0. The highest BCUT2D eigenvalue weighted by atomic mass is 14.5. The lowest BCUT2D eigenvalue weighted by Gasteiger charge is -2.12. The van der Waals surface area contributed by atoms with Crippen LogP contribution >= 0.6 is 0 Å². The summed E-state index contributed by atoms with van der Waals surface area (Å²) in [7, 11) is 0. The minimum absolute atomic E-state index is 0.792. The van der Waals surface area contributed by atoms with Gasteiger partial charge in [0, 0.05) is 5.69 Å². The van der Waals surface area contributed by atoms with Gasteiger partial charge in [-0.05, 0) is 55.6 Å². The summed E-state index contributed by atoms with van der Waals surface area (Å²) in [6, 6.07) is 27.8. The maximum atomic E-state index is 5.77. The molecule has 0 aliphatic heterocycles. The molecule has 25 heavy (non-hydrogen) atoms. The average molecular weight is 319 g/mol. The van der Waals surface area contributed by atoms with Crippen molar-refractivity contribution in [2.45, 2.75) is 0 Å². The maximum Gasteiger partial charge on any atom is 0.0314 e. The van der Waals surface area contributed by atoms with Crippen LogP contribution in [0.5, 0.6) is 0 Å². The Hall–Kier alpha value is -3.32. The largest absolute Gasteiger partial charge is 0.399 e. The summed E-state index contributed by atoms with van der Waals surface area (Å²) in [6.07, 6.45) is 4.34. The van der Waals surface area contributed by atoms with Gasteiger partial charge < -0.3 is 5.73 Å². The Balaban J connectivity index is 1.74. The van der Waals surface area contributed by atoms with Gasteiger partial charge in [0.25, 0.3) is 0 Å². The van der Waals surface area contributed by atoms with Gasteiger partial charge in [-0.3, -0.25) is 0 Å². The minimum atomic E-state index is 0.792. The topological polar surface area (TPSA) is 26.0 Å². The fraction of sp³-hybridized carbons (Fsp3) is 0. The van der Waals surface area contributed by atoms with E-state index >= 15 is 0 Å². The Morgan fingerprint density at radius 3 is 1.96 bits per heavy atom. The van der Waals surface area contributed by atoms with E-state index < -0.39 is 0 Å². The normalized spacial score (nSPS) is 12.0. The standard InChI is InChI=1S/C24H17N/c25-21-13-5-16(6-14-21)4-7-17-8-9-20-11-10-18-2-1-3-19-12-15-22(17)24(20)23(18)19/h1-15H,25H2/b7-4+. The molecule has 0 atom stereocenters. The summed E-state index contributed by atoms with van der Waals surface area (Å²) >= 11 is 0. The number of nitrogens with two attached hydrogens (primary N) is 1. The van der Waals surface area contributed by atoms with E-state index in [0.717, 1.165) is 11.3 Å². The van der Waals surface area contributed by atoms with Crippen molar-refractivity contribution in [1.29, 1.82) is 0 Å². The minimum Gasteiger partial charge on any atom is -0.399 e. The Kier molecular flexibility index (Phi) is 3.01. The molecule has 0 heterocycles. The molecule has 0 bridgehead atoms. The number of hydrogen-bond donors (Lipinski definition) is 1. The molecule has 0 unspecified atom stereocenters. The van der Waals surface area contributed by atoms with Crippen LogP contribution in [0.4, 0.5) is 5.69 Å². The van der Waals surface area contributed by atoms with Crippen LogP contribution in [0, 0.1) is 0 Å². The van der Waals surface area contributed by atoms with Gasteiger partial charge in [-0.2, -0.15) is 0 Å². The monoisotopic (exact) mass is 319 g/mol. The van der Waals surface area contributed by atoms with Crippen molar-refractivity contribution >= 4 is 50.2 Å². The van der Waals surface area contributed by atoms with Crippen LogP contribution in [0.2, 0.25) is 0 Å². The van der Waals surface area contributed by atoms with Crippen molar-refractivity contribution in [2.75, 3.05) is 5.73 Å². The Morgan fingerprint density at radius 1 is 0.560 bits per heavy atom. The van der Waals surface area contributed by atoms with Gasteiger partial charge in [0.15, 0.2) is 0 Å². The smallest absolute Gasteiger partial charge is 0.0314 e. The predicted molar refractivity (Wildman–Crippen MR) is 110 cm³/mol. The van der Waals surface area contributed by atoms with Crippen LogP contribution in [-0.2, 0) is 0 Å². The van der Waals surface area contributed by atoms with Crippen molar-refractivity contribution in [3.05, 3.63) is 90.0 Å².